The van der Waals surface area contributed by atoms with Crippen molar-refractivity contribution in [2.75, 3.05) is 0 Å². The summed E-state index contributed by atoms with van der Waals surface area (Å²) in [6, 6.07) is 4.46. The van der Waals surface area contributed by atoms with E-state index >= 15 is 0 Å². The molecule has 116 valence electrons. The van der Waals surface area contributed by atoms with Crippen molar-refractivity contribution in [3.63, 3.8) is 0 Å². The molecule has 5 nitrogen and oxygen atoms in total. The first kappa shape index (κ1) is 15.0. The maximum absolute atomic E-state index is 12.0. The molecule has 0 aliphatic heterocycles. The molecule has 3 rings (SSSR count). The van der Waals surface area contributed by atoms with Crippen LogP contribution >= 0.6 is 11.3 Å². The van der Waals surface area contributed by atoms with Gasteiger partial charge in [0, 0.05) is 18.4 Å². The zero-order valence-corrected chi connectivity index (χ0v) is 13.1. The first-order valence-corrected chi connectivity index (χ1v) is 8.48. The van der Waals surface area contributed by atoms with Crippen molar-refractivity contribution in [2.24, 2.45) is 0 Å². The number of hydrogen-bond donors (Lipinski definition) is 1. The van der Waals surface area contributed by atoms with Gasteiger partial charge in [-0.15, -0.1) is 0 Å². The predicted molar refractivity (Wildman–Crippen MR) is 84.9 cm³/mol. The van der Waals surface area contributed by atoms with Crippen LogP contribution in [0, 0.1) is 0 Å². The maximum atomic E-state index is 12.0. The van der Waals surface area contributed by atoms with E-state index in [1.807, 2.05) is 16.8 Å². The van der Waals surface area contributed by atoms with Crippen LogP contribution in [0.15, 0.2) is 35.3 Å². The zero-order chi connectivity index (χ0) is 15.2. The molecule has 0 atom stereocenters. The Morgan fingerprint density at radius 2 is 2.05 bits per heavy atom. The second-order valence-electron chi connectivity index (χ2n) is 5.50. The lowest BCUT2D eigenvalue weighted by atomic mass is 9.93. The summed E-state index contributed by atoms with van der Waals surface area (Å²) >= 11 is 1.62. The molecule has 1 saturated carbocycles. The molecule has 6 heteroatoms. The summed E-state index contributed by atoms with van der Waals surface area (Å²) in [5, 5.41) is 7.14. The summed E-state index contributed by atoms with van der Waals surface area (Å²) < 4.78 is 5.76. The Morgan fingerprint density at radius 3 is 2.73 bits per heavy atom. The van der Waals surface area contributed by atoms with E-state index in [4.69, 9.17) is 4.74 Å². The van der Waals surface area contributed by atoms with Gasteiger partial charge in [0.05, 0.1) is 6.42 Å². The summed E-state index contributed by atoms with van der Waals surface area (Å²) in [5.74, 6) is 0.106. The van der Waals surface area contributed by atoms with E-state index < -0.39 is 0 Å². The molecule has 2 aromatic rings. The Morgan fingerprint density at radius 1 is 1.27 bits per heavy atom. The van der Waals surface area contributed by atoms with Gasteiger partial charge in [0.2, 0.25) is 5.91 Å². The molecule has 1 N–H and O–H groups in total. The van der Waals surface area contributed by atoms with Crippen LogP contribution < -0.4 is 10.1 Å². The quantitative estimate of drug-likeness (QED) is 0.920. The van der Waals surface area contributed by atoms with Crippen molar-refractivity contribution < 1.29 is 9.53 Å². The number of nitrogens with zero attached hydrogens (tertiary/aromatic N) is 2. The summed E-state index contributed by atoms with van der Waals surface area (Å²) in [4.78, 5) is 20.2. The Labute approximate surface area is 133 Å². The monoisotopic (exact) mass is 317 g/mol. The largest absolute Gasteiger partial charge is 0.460 e. The molecule has 0 unspecified atom stereocenters. The minimum atomic E-state index is 0.106. The molecule has 0 bridgehead atoms. The SMILES string of the molecule is O=C(Cc1ccsc1)NC1CCC(Oc2ncccn2)CC1. The van der Waals surface area contributed by atoms with E-state index in [0.717, 1.165) is 31.2 Å². The second kappa shape index (κ2) is 7.35. The molecular formula is C16H19N3O2S. The molecule has 1 aliphatic rings. The van der Waals surface area contributed by atoms with E-state index in [9.17, 15) is 4.79 Å². The number of nitrogens with one attached hydrogen (secondary N) is 1. The van der Waals surface area contributed by atoms with Gasteiger partial charge < -0.3 is 10.1 Å². The first-order valence-electron chi connectivity index (χ1n) is 7.54. The summed E-state index contributed by atoms with van der Waals surface area (Å²) in [6.45, 7) is 0. The van der Waals surface area contributed by atoms with Crippen molar-refractivity contribution in [1.29, 1.82) is 0 Å². The average molecular weight is 317 g/mol. The van der Waals surface area contributed by atoms with E-state index in [2.05, 4.69) is 15.3 Å². The normalized spacial score (nSPS) is 21.3. The number of carbonyl (C=O) groups is 1. The maximum Gasteiger partial charge on any atom is 0.316 e. The molecule has 0 radical (unpaired) electrons. The van der Waals surface area contributed by atoms with Crippen molar-refractivity contribution in [3.8, 4) is 6.01 Å². The van der Waals surface area contributed by atoms with Crippen LogP contribution in [0.3, 0.4) is 0 Å². The van der Waals surface area contributed by atoms with Crippen LogP contribution in [0.2, 0.25) is 0 Å². The summed E-state index contributed by atoms with van der Waals surface area (Å²) in [6.07, 6.45) is 7.69. The van der Waals surface area contributed by atoms with Crippen molar-refractivity contribution in [3.05, 3.63) is 40.8 Å². The van der Waals surface area contributed by atoms with Crippen LogP contribution in [-0.4, -0.2) is 28.0 Å². The van der Waals surface area contributed by atoms with Crippen LogP contribution in [0.5, 0.6) is 6.01 Å². The highest BCUT2D eigenvalue weighted by molar-refractivity contribution is 7.07. The standard InChI is InChI=1S/C16H19N3O2S/c20-15(10-12-6-9-22-11-12)19-13-2-4-14(5-3-13)21-16-17-7-1-8-18-16/h1,6-9,11,13-14H,2-5,10H2,(H,19,20). The van der Waals surface area contributed by atoms with Gasteiger partial charge in [-0.1, -0.05) is 0 Å². The number of rotatable bonds is 5. The predicted octanol–water partition coefficient (Wildman–Crippen LogP) is 2.59. The van der Waals surface area contributed by atoms with E-state index in [-0.39, 0.29) is 18.1 Å². The molecule has 0 spiro atoms. The number of hydrogen-bond acceptors (Lipinski definition) is 5. The number of aromatic nitrogens is 2. The Hall–Kier alpha value is -1.95. The minimum absolute atomic E-state index is 0.106. The van der Waals surface area contributed by atoms with Gasteiger partial charge in [-0.2, -0.15) is 11.3 Å². The van der Waals surface area contributed by atoms with Gasteiger partial charge in [-0.25, -0.2) is 9.97 Å². The van der Waals surface area contributed by atoms with Gasteiger partial charge >= 0.3 is 6.01 Å². The summed E-state index contributed by atoms with van der Waals surface area (Å²) in [5.41, 5.74) is 1.08. The zero-order valence-electron chi connectivity index (χ0n) is 12.3. The second-order valence-corrected chi connectivity index (χ2v) is 6.28. The number of amides is 1. The molecule has 2 aromatic heterocycles. The topological polar surface area (TPSA) is 64.1 Å². The lowest BCUT2D eigenvalue weighted by Gasteiger charge is -2.28. The molecule has 0 saturated heterocycles. The fourth-order valence-electron chi connectivity index (χ4n) is 2.68. The third-order valence-electron chi connectivity index (χ3n) is 3.80. The Bertz CT molecular complexity index is 581. The number of ether oxygens (including phenoxy) is 1. The highest BCUT2D eigenvalue weighted by atomic mass is 32.1. The van der Waals surface area contributed by atoms with Gasteiger partial charge in [-0.05, 0) is 54.1 Å². The lowest BCUT2D eigenvalue weighted by molar-refractivity contribution is -0.121. The fourth-order valence-corrected chi connectivity index (χ4v) is 3.35. The molecule has 1 amide bonds. The molecule has 0 aromatic carbocycles. The Balaban J connectivity index is 1.41. The molecule has 1 aliphatic carbocycles. The number of thiophene rings is 1. The molecule has 2 heterocycles. The first-order chi connectivity index (χ1) is 10.8. The smallest absolute Gasteiger partial charge is 0.316 e. The third kappa shape index (κ3) is 4.27. The van der Waals surface area contributed by atoms with E-state index in [1.54, 1.807) is 29.8 Å². The van der Waals surface area contributed by atoms with Crippen molar-refractivity contribution in [1.82, 2.24) is 15.3 Å². The number of carbonyl (C=O) groups excluding carboxylic acids is 1. The lowest BCUT2D eigenvalue weighted by Crippen LogP contribution is -2.40. The van der Waals surface area contributed by atoms with Gasteiger partial charge in [0.25, 0.3) is 0 Å². The van der Waals surface area contributed by atoms with E-state index in [1.165, 1.54) is 0 Å². The Kier molecular flexibility index (Phi) is 5.00. The van der Waals surface area contributed by atoms with E-state index in [0.29, 0.717) is 12.4 Å². The van der Waals surface area contributed by atoms with Crippen LogP contribution in [0.25, 0.3) is 0 Å². The highest BCUT2D eigenvalue weighted by Gasteiger charge is 2.24. The average Bonchev–Trinajstić information content (AvgIpc) is 3.03. The minimum Gasteiger partial charge on any atom is -0.460 e. The van der Waals surface area contributed by atoms with Crippen LogP contribution in [0.4, 0.5) is 0 Å². The fraction of sp³-hybridized carbons (Fsp3) is 0.438. The third-order valence-corrected chi connectivity index (χ3v) is 4.53. The van der Waals surface area contributed by atoms with Crippen molar-refractivity contribution >= 4 is 17.2 Å². The van der Waals surface area contributed by atoms with Crippen LogP contribution in [0.1, 0.15) is 31.2 Å². The van der Waals surface area contributed by atoms with Gasteiger partial charge in [0.15, 0.2) is 0 Å². The molecule has 1 fully saturated rings. The van der Waals surface area contributed by atoms with Crippen LogP contribution in [-0.2, 0) is 11.2 Å². The van der Waals surface area contributed by atoms with Gasteiger partial charge in [-0.3, -0.25) is 4.79 Å². The highest BCUT2D eigenvalue weighted by Crippen LogP contribution is 2.22. The van der Waals surface area contributed by atoms with Crippen molar-refractivity contribution in [2.45, 2.75) is 44.2 Å². The molecule has 22 heavy (non-hydrogen) atoms. The molecular weight excluding hydrogens is 298 g/mol. The van der Waals surface area contributed by atoms with Gasteiger partial charge in [0.1, 0.15) is 6.10 Å². The summed E-state index contributed by atoms with van der Waals surface area (Å²) in [7, 11) is 0.